The van der Waals surface area contributed by atoms with Gasteiger partial charge < -0.3 is 17.0 Å². The summed E-state index contributed by atoms with van der Waals surface area (Å²) in [5, 5.41) is 4.66. The highest BCUT2D eigenvalue weighted by atomic mass is 79.9. The van der Waals surface area contributed by atoms with Gasteiger partial charge >= 0.3 is 0 Å². The maximum absolute atomic E-state index is 11.8. The number of rotatable bonds is 3. The summed E-state index contributed by atoms with van der Waals surface area (Å²) in [6.45, 7) is 0.239. The topological polar surface area (TPSA) is 33.8 Å². The second kappa shape index (κ2) is 6.47. The highest BCUT2D eigenvalue weighted by Gasteiger charge is 2.12. The molecule has 0 radical (unpaired) electrons. The fourth-order valence-corrected chi connectivity index (χ4v) is 1.46. The summed E-state index contributed by atoms with van der Waals surface area (Å²) in [6.07, 6.45) is 3.41. The van der Waals surface area contributed by atoms with Crippen LogP contribution in [-0.2, 0) is 6.54 Å². The molecule has 5 heteroatoms. The van der Waals surface area contributed by atoms with E-state index < -0.39 is 0 Å². The molecule has 0 atom stereocenters. The number of Topliss-reactive ketones (excluding diaryl/α,β-unsaturated/α-hetero) is 1. The van der Waals surface area contributed by atoms with Gasteiger partial charge in [-0.3, -0.25) is 4.79 Å². The van der Waals surface area contributed by atoms with E-state index >= 15 is 0 Å². The van der Waals surface area contributed by atoms with E-state index in [9.17, 15) is 4.79 Å². The molecular formula is C12H10BrClN2O. The first-order chi connectivity index (χ1) is 7.75. The molecule has 88 valence electrons. The van der Waals surface area contributed by atoms with Crippen LogP contribution in [0.4, 0.5) is 0 Å². The lowest BCUT2D eigenvalue weighted by molar-refractivity contribution is -0.741. The smallest absolute Gasteiger partial charge is 0.236 e. The van der Waals surface area contributed by atoms with Crippen molar-refractivity contribution < 1.29 is 26.5 Å². The molecule has 3 nitrogen and oxygen atoms in total. The lowest BCUT2D eigenvalue weighted by Gasteiger charge is -1.96. The van der Waals surface area contributed by atoms with Gasteiger partial charge in [0.05, 0.1) is 6.20 Å². The SMILES string of the molecule is O=C(C[n+]1ccccn1)c1ccc(Cl)cc1.[Br-]. The van der Waals surface area contributed by atoms with E-state index in [-0.39, 0.29) is 29.3 Å². The van der Waals surface area contributed by atoms with Crippen LogP contribution in [-0.4, -0.2) is 10.9 Å². The number of halogens is 2. The molecule has 0 fully saturated rings. The fourth-order valence-electron chi connectivity index (χ4n) is 1.33. The van der Waals surface area contributed by atoms with Crippen LogP contribution in [0.3, 0.4) is 0 Å². The van der Waals surface area contributed by atoms with Crippen molar-refractivity contribution in [2.45, 2.75) is 6.54 Å². The van der Waals surface area contributed by atoms with E-state index in [1.54, 1.807) is 41.3 Å². The number of ketones is 1. The predicted octanol–water partition coefficient (Wildman–Crippen LogP) is -1.09. The van der Waals surface area contributed by atoms with Gasteiger partial charge in [0.25, 0.3) is 0 Å². The van der Waals surface area contributed by atoms with Crippen molar-refractivity contribution in [2.75, 3.05) is 0 Å². The molecule has 0 saturated heterocycles. The van der Waals surface area contributed by atoms with Gasteiger partial charge in [0.15, 0.2) is 6.20 Å². The highest BCUT2D eigenvalue weighted by molar-refractivity contribution is 6.30. The quantitative estimate of drug-likeness (QED) is 0.533. The van der Waals surface area contributed by atoms with Gasteiger partial charge in [-0.25, -0.2) is 0 Å². The third kappa shape index (κ3) is 3.91. The van der Waals surface area contributed by atoms with Gasteiger partial charge in [0, 0.05) is 16.7 Å². The van der Waals surface area contributed by atoms with Crippen LogP contribution in [0.2, 0.25) is 5.02 Å². The Bertz CT molecular complexity index is 488. The first kappa shape index (κ1) is 13.8. The molecule has 17 heavy (non-hydrogen) atoms. The Balaban J connectivity index is 0.00000144. The molecule has 1 aromatic heterocycles. The Labute approximate surface area is 115 Å². The molecule has 0 spiro atoms. The summed E-state index contributed by atoms with van der Waals surface area (Å²) in [7, 11) is 0. The zero-order valence-electron chi connectivity index (χ0n) is 8.88. The summed E-state index contributed by atoms with van der Waals surface area (Å²) < 4.78 is 1.59. The molecule has 0 N–H and O–H groups in total. The summed E-state index contributed by atoms with van der Waals surface area (Å²) in [5.74, 6) is 0.0142. The van der Waals surface area contributed by atoms with E-state index in [0.717, 1.165) is 0 Å². The minimum Gasteiger partial charge on any atom is -1.00 e. The van der Waals surface area contributed by atoms with Gasteiger partial charge in [-0.15, -0.1) is 0 Å². The monoisotopic (exact) mass is 312 g/mol. The highest BCUT2D eigenvalue weighted by Crippen LogP contribution is 2.09. The van der Waals surface area contributed by atoms with Crippen molar-refractivity contribution in [3.05, 3.63) is 59.4 Å². The van der Waals surface area contributed by atoms with Crippen molar-refractivity contribution in [1.82, 2.24) is 5.10 Å². The Hall–Kier alpha value is -1.26. The van der Waals surface area contributed by atoms with Crippen LogP contribution >= 0.6 is 11.6 Å². The fraction of sp³-hybridized carbons (Fsp3) is 0.0833. The second-order valence-corrected chi connectivity index (χ2v) is 3.76. The molecule has 0 aliphatic carbocycles. The van der Waals surface area contributed by atoms with Crippen molar-refractivity contribution in [3.8, 4) is 0 Å². The third-order valence-electron chi connectivity index (χ3n) is 2.14. The van der Waals surface area contributed by atoms with E-state index in [2.05, 4.69) is 5.10 Å². The van der Waals surface area contributed by atoms with Crippen molar-refractivity contribution in [1.29, 1.82) is 0 Å². The number of hydrogen-bond donors (Lipinski definition) is 0. The summed E-state index contributed by atoms with van der Waals surface area (Å²) in [5.41, 5.74) is 0.641. The maximum Gasteiger partial charge on any atom is 0.236 e. The van der Waals surface area contributed by atoms with Gasteiger partial charge in [0.2, 0.25) is 12.3 Å². The molecule has 1 heterocycles. The first-order valence-electron chi connectivity index (χ1n) is 4.85. The molecule has 1 aromatic carbocycles. The van der Waals surface area contributed by atoms with Crippen molar-refractivity contribution >= 4 is 17.4 Å². The minimum atomic E-state index is 0. The molecule has 0 unspecified atom stereocenters. The van der Waals surface area contributed by atoms with Gasteiger partial charge in [-0.05, 0) is 35.4 Å². The summed E-state index contributed by atoms with van der Waals surface area (Å²) in [4.78, 5) is 11.8. The molecule has 0 amide bonds. The van der Waals surface area contributed by atoms with Gasteiger partial charge in [-0.2, -0.15) is 0 Å². The minimum absolute atomic E-state index is 0. The van der Waals surface area contributed by atoms with E-state index in [1.807, 2.05) is 12.1 Å². The van der Waals surface area contributed by atoms with E-state index in [0.29, 0.717) is 10.6 Å². The van der Waals surface area contributed by atoms with Crippen LogP contribution in [0.15, 0.2) is 48.8 Å². The number of aromatic nitrogens is 2. The van der Waals surface area contributed by atoms with Crippen molar-refractivity contribution in [2.24, 2.45) is 0 Å². The van der Waals surface area contributed by atoms with Crippen molar-refractivity contribution in [3.63, 3.8) is 0 Å². The molecule has 0 aliphatic heterocycles. The maximum atomic E-state index is 11.8. The van der Waals surface area contributed by atoms with E-state index in [1.165, 1.54) is 0 Å². The summed E-state index contributed by atoms with van der Waals surface area (Å²) in [6, 6.07) is 10.5. The lowest BCUT2D eigenvalue weighted by Crippen LogP contribution is -3.00. The average molecular weight is 314 g/mol. The average Bonchev–Trinajstić information content (AvgIpc) is 2.31. The number of carbonyl (C=O) groups excluding carboxylic acids is 1. The largest absolute Gasteiger partial charge is 1.00 e. The van der Waals surface area contributed by atoms with Crippen LogP contribution in [0.1, 0.15) is 10.4 Å². The Kier molecular flexibility index (Phi) is 5.25. The van der Waals surface area contributed by atoms with Crippen LogP contribution < -0.4 is 21.7 Å². The molecule has 0 saturated carbocycles. The zero-order chi connectivity index (χ0) is 11.4. The standard InChI is InChI=1S/C12H10ClN2O.BrH/c13-11-5-3-10(4-6-11)12(16)9-15-8-2-1-7-14-15;/h1-8H,9H2;1H/q+1;/p-1. The third-order valence-corrected chi connectivity index (χ3v) is 2.39. The number of benzene rings is 1. The van der Waals surface area contributed by atoms with Gasteiger partial charge in [0.1, 0.15) is 0 Å². The molecule has 2 rings (SSSR count). The van der Waals surface area contributed by atoms with Crippen LogP contribution in [0, 0.1) is 0 Å². The molecule has 2 aromatic rings. The molecular weight excluding hydrogens is 304 g/mol. The second-order valence-electron chi connectivity index (χ2n) is 3.33. The molecule has 0 bridgehead atoms. The summed E-state index contributed by atoms with van der Waals surface area (Å²) >= 11 is 5.75. The zero-order valence-corrected chi connectivity index (χ0v) is 11.2. The normalized spacial score (nSPS) is 9.47. The Morgan fingerprint density at radius 1 is 1.24 bits per heavy atom. The first-order valence-corrected chi connectivity index (χ1v) is 5.23. The lowest BCUT2D eigenvalue weighted by atomic mass is 10.1. The van der Waals surface area contributed by atoms with Crippen LogP contribution in [0.5, 0.6) is 0 Å². The predicted molar refractivity (Wildman–Crippen MR) is 60.2 cm³/mol. The Morgan fingerprint density at radius 3 is 2.53 bits per heavy atom. The molecule has 0 aliphatic rings. The number of carbonyl (C=O) groups is 1. The number of hydrogen-bond acceptors (Lipinski definition) is 2. The van der Waals surface area contributed by atoms with Gasteiger partial charge in [-0.1, -0.05) is 16.3 Å². The Morgan fingerprint density at radius 2 is 1.94 bits per heavy atom. The number of nitrogens with zero attached hydrogens (tertiary/aromatic N) is 2. The van der Waals surface area contributed by atoms with Crippen LogP contribution in [0.25, 0.3) is 0 Å². The van der Waals surface area contributed by atoms with E-state index in [4.69, 9.17) is 11.6 Å².